The first-order valence-corrected chi connectivity index (χ1v) is 4.84. The first-order chi connectivity index (χ1) is 6.34. The molecule has 1 aromatic carbocycles. The Morgan fingerprint density at radius 3 is 2.00 bits per heavy atom. The topological polar surface area (TPSA) is 102 Å². The van der Waals surface area contributed by atoms with E-state index in [1.54, 1.807) is 18.2 Å². The highest BCUT2D eigenvalue weighted by Crippen LogP contribution is 2.25. The Bertz CT molecular complexity index is 375. The molecule has 0 bridgehead atoms. The predicted molar refractivity (Wildman–Crippen MR) is 45.4 cm³/mol. The second kappa shape index (κ2) is 5.47. The largest absolute Gasteiger partial charge is 0.466 e. The van der Waals surface area contributed by atoms with Crippen molar-refractivity contribution in [2.45, 2.75) is 0 Å². The summed E-state index contributed by atoms with van der Waals surface area (Å²) in [5.41, 5.74) is 0.0949. The summed E-state index contributed by atoms with van der Waals surface area (Å²) in [5.74, 6) is -0.458. The molecule has 76 valence electrons. The molecule has 7 heteroatoms. The van der Waals surface area contributed by atoms with Gasteiger partial charge in [-0.2, -0.15) is 5.26 Å². The minimum absolute atomic E-state index is 0.0949. The molecule has 0 amide bonds. The van der Waals surface area contributed by atoms with Gasteiger partial charge < -0.3 is 14.7 Å². The molecule has 14 heavy (non-hydrogen) atoms. The van der Waals surface area contributed by atoms with E-state index in [1.807, 2.05) is 0 Å². The van der Waals surface area contributed by atoms with Crippen molar-refractivity contribution in [2.24, 2.45) is 0 Å². The maximum atomic E-state index is 12.4. The van der Waals surface area contributed by atoms with E-state index >= 15 is 0 Å². The quantitative estimate of drug-likeness (QED) is 0.559. The van der Waals surface area contributed by atoms with Gasteiger partial charge in [0.05, 0.1) is 5.56 Å². The third-order valence-corrected chi connectivity index (χ3v) is 0.994. The van der Waals surface area contributed by atoms with E-state index in [-0.39, 0.29) is 5.56 Å². The van der Waals surface area contributed by atoms with Crippen molar-refractivity contribution in [2.75, 3.05) is 0 Å². The van der Waals surface area contributed by atoms with Crippen LogP contribution in [0.1, 0.15) is 5.56 Å². The van der Waals surface area contributed by atoms with E-state index in [0.29, 0.717) is 0 Å². The second-order valence-corrected chi connectivity index (χ2v) is 3.13. The molecule has 1 rings (SSSR count). The third-order valence-electron chi connectivity index (χ3n) is 0.994. The van der Waals surface area contributed by atoms with Gasteiger partial charge >= 0.3 is 7.82 Å². The zero-order valence-electron chi connectivity index (χ0n) is 6.83. The molecular formula is C7H7FNO4P. The van der Waals surface area contributed by atoms with Gasteiger partial charge in [0.15, 0.2) is 0 Å². The van der Waals surface area contributed by atoms with Gasteiger partial charge in [0.25, 0.3) is 0 Å². The Morgan fingerprint density at radius 1 is 1.29 bits per heavy atom. The van der Waals surface area contributed by atoms with Crippen LogP contribution in [-0.4, -0.2) is 14.7 Å². The van der Waals surface area contributed by atoms with Crippen LogP contribution in [0.15, 0.2) is 24.3 Å². The molecule has 5 nitrogen and oxygen atoms in total. The highest BCUT2D eigenvalue weighted by molar-refractivity contribution is 7.45. The molecule has 3 N–H and O–H groups in total. The lowest BCUT2D eigenvalue weighted by molar-refractivity contribution is 0.275. The van der Waals surface area contributed by atoms with Crippen LogP contribution in [0.5, 0.6) is 0 Å². The summed E-state index contributed by atoms with van der Waals surface area (Å²) in [6.07, 6.45) is 0. The average Bonchev–Trinajstić information content (AvgIpc) is 2.02. The summed E-state index contributed by atoms with van der Waals surface area (Å²) in [5, 5.41) is 8.23. The Labute approximate surface area is 79.3 Å². The van der Waals surface area contributed by atoms with Crippen molar-refractivity contribution in [1.29, 1.82) is 5.26 Å². The van der Waals surface area contributed by atoms with E-state index in [2.05, 4.69) is 0 Å². The number of nitrogens with zero attached hydrogens (tertiary/aromatic N) is 1. The summed E-state index contributed by atoms with van der Waals surface area (Å²) < 4.78 is 21.2. The van der Waals surface area contributed by atoms with Gasteiger partial charge in [0.2, 0.25) is 0 Å². The monoisotopic (exact) mass is 219 g/mol. The molecule has 0 heterocycles. The molecule has 0 aromatic heterocycles. The molecule has 0 atom stereocenters. The van der Waals surface area contributed by atoms with Gasteiger partial charge in [-0.05, 0) is 12.1 Å². The Balaban J connectivity index is 0.000000292. The van der Waals surface area contributed by atoms with E-state index in [4.69, 9.17) is 24.5 Å². The fourth-order valence-corrected chi connectivity index (χ4v) is 0.552. The molecule has 1 aromatic rings. The van der Waals surface area contributed by atoms with Crippen LogP contribution in [0.2, 0.25) is 0 Å². The highest BCUT2D eigenvalue weighted by Gasteiger charge is 2.00. The van der Waals surface area contributed by atoms with Crippen molar-refractivity contribution in [3.63, 3.8) is 0 Å². The fraction of sp³-hybridized carbons (Fsp3) is 0. The molecule has 0 aliphatic carbocycles. The van der Waals surface area contributed by atoms with Crippen LogP contribution in [-0.2, 0) is 4.57 Å². The third kappa shape index (κ3) is 7.40. The number of phosphoric acid groups is 1. The van der Waals surface area contributed by atoms with E-state index < -0.39 is 13.6 Å². The highest BCUT2D eigenvalue weighted by atomic mass is 31.2. The summed E-state index contributed by atoms with van der Waals surface area (Å²) in [4.78, 5) is 21.6. The number of nitriles is 1. The number of hydrogen-bond acceptors (Lipinski definition) is 2. The molecule has 0 saturated heterocycles. The lowest BCUT2D eigenvalue weighted by Crippen LogP contribution is -1.78. The van der Waals surface area contributed by atoms with Crippen molar-refractivity contribution in [3.05, 3.63) is 35.6 Å². The normalized spacial score (nSPS) is 9.64. The maximum Gasteiger partial charge on any atom is 0.466 e. The van der Waals surface area contributed by atoms with Crippen LogP contribution in [0.4, 0.5) is 4.39 Å². The summed E-state index contributed by atoms with van der Waals surface area (Å²) >= 11 is 0. The summed E-state index contributed by atoms with van der Waals surface area (Å²) in [6, 6.07) is 7.60. The van der Waals surface area contributed by atoms with Gasteiger partial charge in [0, 0.05) is 0 Å². The van der Waals surface area contributed by atoms with Gasteiger partial charge in [-0.15, -0.1) is 0 Å². The number of hydrogen-bond donors (Lipinski definition) is 3. The van der Waals surface area contributed by atoms with Crippen LogP contribution in [0.25, 0.3) is 0 Å². The van der Waals surface area contributed by atoms with Crippen LogP contribution in [0, 0.1) is 17.1 Å². The van der Waals surface area contributed by atoms with Gasteiger partial charge in [-0.1, -0.05) is 12.1 Å². The van der Waals surface area contributed by atoms with Crippen molar-refractivity contribution >= 4 is 7.82 Å². The van der Waals surface area contributed by atoms with Crippen LogP contribution >= 0.6 is 7.82 Å². The molecule has 0 aliphatic rings. The molecule has 0 saturated carbocycles. The van der Waals surface area contributed by atoms with Gasteiger partial charge in [0.1, 0.15) is 11.9 Å². The van der Waals surface area contributed by atoms with E-state index in [1.165, 1.54) is 12.1 Å². The number of halogens is 1. The van der Waals surface area contributed by atoms with Crippen LogP contribution in [0.3, 0.4) is 0 Å². The summed E-state index contributed by atoms with van der Waals surface area (Å²) in [6.45, 7) is 0. The second-order valence-electron chi connectivity index (χ2n) is 2.10. The maximum absolute atomic E-state index is 12.4. The molecule has 0 aliphatic heterocycles. The zero-order chi connectivity index (χ0) is 11.2. The van der Waals surface area contributed by atoms with Gasteiger partial charge in [-0.3, -0.25) is 0 Å². The number of rotatable bonds is 0. The standard InChI is InChI=1S/C7H4FN.H3O4P/c8-7-4-2-1-3-6(7)5-9;1-5(2,3)4/h1-4H;(H3,1,2,3,4). The Hall–Kier alpha value is -1.25. The fourth-order valence-electron chi connectivity index (χ4n) is 0.552. The first kappa shape index (κ1) is 12.8. The Kier molecular flexibility index (Phi) is 4.99. The predicted octanol–water partition coefficient (Wildman–Crippen LogP) is 0.769. The summed E-state index contributed by atoms with van der Waals surface area (Å²) in [7, 11) is -4.64. The number of benzene rings is 1. The molecule has 0 fully saturated rings. The Morgan fingerprint density at radius 2 is 1.71 bits per heavy atom. The smallest absolute Gasteiger partial charge is 0.303 e. The minimum Gasteiger partial charge on any atom is -0.303 e. The van der Waals surface area contributed by atoms with Gasteiger partial charge in [-0.25, -0.2) is 8.96 Å². The molecule has 0 unspecified atom stereocenters. The molecular weight excluding hydrogens is 212 g/mol. The van der Waals surface area contributed by atoms with Crippen molar-refractivity contribution in [3.8, 4) is 6.07 Å². The van der Waals surface area contributed by atoms with E-state index in [0.717, 1.165) is 0 Å². The van der Waals surface area contributed by atoms with Crippen LogP contribution < -0.4 is 0 Å². The van der Waals surface area contributed by atoms with Crippen molar-refractivity contribution < 1.29 is 23.6 Å². The van der Waals surface area contributed by atoms with E-state index in [9.17, 15) is 4.39 Å². The first-order valence-electron chi connectivity index (χ1n) is 3.27. The lowest BCUT2D eigenvalue weighted by atomic mass is 10.2. The molecule has 0 spiro atoms. The average molecular weight is 219 g/mol. The minimum atomic E-state index is -4.64. The van der Waals surface area contributed by atoms with Crippen molar-refractivity contribution in [1.82, 2.24) is 0 Å². The molecule has 0 radical (unpaired) electrons. The zero-order valence-corrected chi connectivity index (χ0v) is 7.73. The lowest BCUT2D eigenvalue weighted by Gasteiger charge is -1.86. The SMILES string of the molecule is N#Cc1ccccc1F.O=P(O)(O)O.